The molecular weight excluding hydrogens is 347 g/mol. The summed E-state index contributed by atoms with van der Waals surface area (Å²) in [6, 6.07) is 4.68. The van der Waals surface area contributed by atoms with Crippen molar-refractivity contribution < 1.29 is 14.3 Å². The first kappa shape index (κ1) is 16.7. The van der Waals surface area contributed by atoms with E-state index in [0.29, 0.717) is 16.5 Å². The van der Waals surface area contributed by atoms with Crippen LogP contribution in [0.3, 0.4) is 0 Å². The monoisotopic (exact) mass is 358 g/mol. The highest BCUT2D eigenvalue weighted by Crippen LogP contribution is 2.28. The standard InChI is InChI=1S/C14H12Cl2N2O3S/c1-3-21-14(20)12-7(2)6-10(22-12)18-13(19)11-8(15)4-5-9(16)17-11/h4-6H,3H2,1-2H3,(H,18,19). The molecule has 22 heavy (non-hydrogen) atoms. The van der Waals surface area contributed by atoms with E-state index in [0.717, 1.165) is 16.9 Å². The Morgan fingerprint density at radius 3 is 2.77 bits per heavy atom. The van der Waals surface area contributed by atoms with Crippen LogP contribution in [0.5, 0.6) is 0 Å². The lowest BCUT2D eigenvalue weighted by atomic mass is 10.3. The Morgan fingerprint density at radius 2 is 2.09 bits per heavy atom. The normalized spacial score (nSPS) is 10.4. The minimum Gasteiger partial charge on any atom is -0.462 e. The Hall–Kier alpha value is -1.63. The van der Waals surface area contributed by atoms with Gasteiger partial charge in [0.25, 0.3) is 5.91 Å². The first-order valence-electron chi connectivity index (χ1n) is 6.33. The molecule has 8 heteroatoms. The van der Waals surface area contributed by atoms with E-state index in [9.17, 15) is 9.59 Å². The van der Waals surface area contributed by atoms with E-state index in [2.05, 4.69) is 10.3 Å². The number of ether oxygens (including phenoxy) is 1. The summed E-state index contributed by atoms with van der Waals surface area (Å²) < 4.78 is 4.95. The summed E-state index contributed by atoms with van der Waals surface area (Å²) in [5, 5.41) is 3.52. The fourth-order valence-electron chi connectivity index (χ4n) is 1.69. The topological polar surface area (TPSA) is 68.3 Å². The average Bonchev–Trinajstić information content (AvgIpc) is 2.82. The van der Waals surface area contributed by atoms with Gasteiger partial charge in [-0.15, -0.1) is 11.3 Å². The molecule has 5 nitrogen and oxygen atoms in total. The predicted molar refractivity (Wildman–Crippen MR) is 87.2 cm³/mol. The molecule has 0 aliphatic heterocycles. The van der Waals surface area contributed by atoms with E-state index in [1.807, 2.05) is 0 Å². The lowest BCUT2D eigenvalue weighted by Crippen LogP contribution is -2.13. The molecule has 2 heterocycles. The van der Waals surface area contributed by atoms with Gasteiger partial charge in [0.05, 0.1) is 16.6 Å². The molecule has 1 N–H and O–H groups in total. The molecule has 0 spiro atoms. The highest BCUT2D eigenvalue weighted by atomic mass is 35.5. The van der Waals surface area contributed by atoms with Crippen LogP contribution >= 0.6 is 34.5 Å². The first-order valence-corrected chi connectivity index (χ1v) is 7.90. The number of pyridine rings is 1. The molecule has 0 radical (unpaired) electrons. The van der Waals surface area contributed by atoms with Crippen LogP contribution < -0.4 is 5.32 Å². The molecule has 2 aromatic rings. The van der Waals surface area contributed by atoms with Gasteiger partial charge in [0.2, 0.25) is 0 Å². The molecule has 0 unspecified atom stereocenters. The molecule has 0 aliphatic rings. The maximum atomic E-state index is 12.2. The van der Waals surface area contributed by atoms with E-state index in [4.69, 9.17) is 27.9 Å². The van der Waals surface area contributed by atoms with Crippen LogP contribution in [0, 0.1) is 6.92 Å². The van der Waals surface area contributed by atoms with Crippen molar-refractivity contribution in [2.45, 2.75) is 13.8 Å². The summed E-state index contributed by atoms with van der Waals surface area (Å²) in [4.78, 5) is 28.3. The number of aromatic nitrogens is 1. The lowest BCUT2D eigenvalue weighted by molar-refractivity contribution is 0.0531. The smallest absolute Gasteiger partial charge is 0.348 e. The third kappa shape index (κ3) is 3.76. The minimum atomic E-state index is -0.496. The van der Waals surface area contributed by atoms with Crippen molar-refractivity contribution in [3.63, 3.8) is 0 Å². The Morgan fingerprint density at radius 1 is 1.36 bits per heavy atom. The second-order valence-electron chi connectivity index (χ2n) is 4.26. The quantitative estimate of drug-likeness (QED) is 0.657. The third-order valence-electron chi connectivity index (χ3n) is 2.64. The zero-order valence-electron chi connectivity index (χ0n) is 11.8. The second kappa shape index (κ2) is 7.09. The van der Waals surface area contributed by atoms with Crippen molar-refractivity contribution in [1.29, 1.82) is 0 Å². The second-order valence-corrected chi connectivity index (χ2v) is 6.11. The van der Waals surface area contributed by atoms with Gasteiger partial charge in [-0.05, 0) is 37.6 Å². The van der Waals surface area contributed by atoms with Crippen LogP contribution in [-0.2, 0) is 4.74 Å². The Bertz CT molecular complexity index is 731. The number of aryl methyl sites for hydroxylation is 1. The number of esters is 1. The van der Waals surface area contributed by atoms with Gasteiger partial charge in [-0.3, -0.25) is 4.79 Å². The number of rotatable bonds is 4. The van der Waals surface area contributed by atoms with Gasteiger partial charge in [0.1, 0.15) is 15.7 Å². The number of carbonyl (C=O) groups is 2. The zero-order chi connectivity index (χ0) is 16.3. The molecule has 116 valence electrons. The minimum absolute atomic E-state index is 0.0258. The summed E-state index contributed by atoms with van der Waals surface area (Å²) in [5.74, 6) is -0.909. The summed E-state index contributed by atoms with van der Waals surface area (Å²) in [5.41, 5.74) is 0.752. The fourth-order valence-corrected chi connectivity index (χ4v) is 2.99. The summed E-state index contributed by atoms with van der Waals surface area (Å²) >= 11 is 12.8. The van der Waals surface area contributed by atoms with E-state index >= 15 is 0 Å². The van der Waals surface area contributed by atoms with Crippen molar-refractivity contribution in [3.05, 3.63) is 44.5 Å². The maximum Gasteiger partial charge on any atom is 0.348 e. The predicted octanol–water partition coefficient (Wildman–Crippen LogP) is 4.19. The van der Waals surface area contributed by atoms with Crippen LogP contribution in [-0.4, -0.2) is 23.5 Å². The largest absolute Gasteiger partial charge is 0.462 e. The van der Waals surface area contributed by atoms with Gasteiger partial charge in [-0.25, -0.2) is 9.78 Å². The Labute approximate surface area is 141 Å². The van der Waals surface area contributed by atoms with Crippen molar-refractivity contribution in [2.75, 3.05) is 11.9 Å². The van der Waals surface area contributed by atoms with Crippen LogP contribution in [0.2, 0.25) is 10.2 Å². The number of hydrogen-bond acceptors (Lipinski definition) is 5. The van der Waals surface area contributed by atoms with Crippen molar-refractivity contribution >= 4 is 51.4 Å². The zero-order valence-corrected chi connectivity index (χ0v) is 14.1. The number of hydrogen-bond donors (Lipinski definition) is 1. The molecular formula is C14H12Cl2N2O3S. The van der Waals surface area contributed by atoms with Gasteiger partial charge in [-0.1, -0.05) is 23.2 Å². The van der Waals surface area contributed by atoms with E-state index < -0.39 is 11.9 Å². The molecule has 2 aromatic heterocycles. The fraction of sp³-hybridized carbons (Fsp3) is 0.214. The van der Waals surface area contributed by atoms with Crippen molar-refractivity contribution in [3.8, 4) is 0 Å². The van der Waals surface area contributed by atoms with Gasteiger partial charge in [0, 0.05) is 0 Å². The van der Waals surface area contributed by atoms with E-state index in [1.165, 1.54) is 12.1 Å². The molecule has 0 saturated heterocycles. The molecule has 0 bridgehead atoms. The Balaban J connectivity index is 2.20. The van der Waals surface area contributed by atoms with E-state index in [1.54, 1.807) is 19.9 Å². The van der Waals surface area contributed by atoms with Gasteiger partial charge >= 0.3 is 5.97 Å². The van der Waals surface area contributed by atoms with Crippen LogP contribution in [0.1, 0.15) is 32.6 Å². The van der Waals surface area contributed by atoms with Crippen LogP contribution in [0.15, 0.2) is 18.2 Å². The summed E-state index contributed by atoms with van der Waals surface area (Å²) in [7, 11) is 0. The molecule has 0 aromatic carbocycles. The summed E-state index contributed by atoms with van der Waals surface area (Å²) in [6.45, 7) is 3.79. The first-order chi connectivity index (χ1) is 10.4. The SMILES string of the molecule is CCOC(=O)c1sc(NC(=O)c2nc(Cl)ccc2Cl)cc1C. The molecule has 0 aliphatic carbocycles. The number of halogens is 2. The number of thiophene rings is 1. The molecule has 1 amide bonds. The average molecular weight is 359 g/mol. The maximum absolute atomic E-state index is 12.2. The lowest BCUT2D eigenvalue weighted by Gasteiger charge is -2.04. The van der Waals surface area contributed by atoms with Gasteiger partial charge < -0.3 is 10.1 Å². The highest BCUT2D eigenvalue weighted by Gasteiger charge is 2.18. The molecule has 0 fully saturated rings. The van der Waals surface area contributed by atoms with E-state index in [-0.39, 0.29) is 15.9 Å². The molecule has 0 atom stereocenters. The number of nitrogens with one attached hydrogen (secondary N) is 1. The third-order valence-corrected chi connectivity index (χ3v) is 4.29. The number of anilines is 1. The van der Waals surface area contributed by atoms with Gasteiger partial charge in [0.15, 0.2) is 0 Å². The molecule has 0 saturated carbocycles. The van der Waals surface area contributed by atoms with Crippen LogP contribution in [0.25, 0.3) is 0 Å². The Kier molecular flexibility index (Phi) is 5.39. The van der Waals surface area contributed by atoms with Crippen molar-refractivity contribution in [2.24, 2.45) is 0 Å². The van der Waals surface area contributed by atoms with Gasteiger partial charge in [-0.2, -0.15) is 0 Å². The van der Waals surface area contributed by atoms with Crippen LogP contribution in [0.4, 0.5) is 5.00 Å². The molecule has 2 rings (SSSR count). The highest BCUT2D eigenvalue weighted by molar-refractivity contribution is 7.18. The number of nitrogens with zero attached hydrogens (tertiary/aromatic N) is 1. The number of carbonyl (C=O) groups excluding carboxylic acids is 2. The number of amides is 1. The summed E-state index contributed by atoms with van der Waals surface area (Å²) in [6.07, 6.45) is 0. The van der Waals surface area contributed by atoms with Crippen molar-refractivity contribution in [1.82, 2.24) is 4.98 Å².